The van der Waals surface area contributed by atoms with E-state index in [1.54, 1.807) is 0 Å². The zero-order valence-electron chi connectivity index (χ0n) is 18.3. The molecule has 12 heteroatoms. The highest BCUT2D eigenvalue weighted by Gasteiger charge is 2.47. The highest BCUT2D eigenvalue weighted by Crippen LogP contribution is 2.30. The number of carbonyl (C=O) groups excluding carboxylic acids is 2. The summed E-state index contributed by atoms with van der Waals surface area (Å²) in [7, 11) is -4.13. The number of nitrogens with zero attached hydrogens (tertiary/aromatic N) is 2. The molecule has 1 aliphatic carbocycles. The van der Waals surface area contributed by atoms with Crippen molar-refractivity contribution >= 4 is 56.4 Å². The Balaban J connectivity index is 1.62. The van der Waals surface area contributed by atoms with Gasteiger partial charge in [-0.15, -0.1) is 11.3 Å². The largest absolute Gasteiger partial charge is 0.350 e. The normalized spacial score (nSPS) is 23.7. The van der Waals surface area contributed by atoms with Crippen LogP contribution in [0.25, 0.3) is 0 Å². The van der Waals surface area contributed by atoms with Crippen molar-refractivity contribution in [3.63, 3.8) is 0 Å². The predicted octanol–water partition coefficient (Wildman–Crippen LogP) is 2.84. The number of amides is 2. The molecule has 2 fully saturated rings. The highest BCUT2D eigenvalue weighted by molar-refractivity contribution is 7.89. The lowest BCUT2D eigenvalue weighted by molar-refractivity contribution is -0.140. The van der Waals surface area contributed by atoms with Crippen molar-refractivity contribution in [1.82, 2.24) is 14.5 Å². The van der Waals surface area contributed by atoms with Gasteiger partial charge in [0.25, 0.3) is 5.91 Å². The SMILES string of the molecule is NC1CCC(NC(=O)C2N(C(=O)Cc3cccs3)CCN2S(=O)(=O)c2ccc(Cl)c(Cl)c2)CC1. The lowest BCUT2D eigenvalue weighted by Gasteiger charge is -2.32. The summed E-state index contributed by atoms with van der Waals surface area (Å²) in [5.41, 5.74) is 5.97. The first kappa shape index (κ1) is 25.4. The van der Waals surface area contributed by atoms with E-state index in [4.69, 9.17) is 28.9 Å². The first-order valence-corrected chi connectivity index (χ1v) is 14.1. The van der Waals surface area contributed by atoms with Crippen molar-refractivity contribution in [1.29, 1.82) is 0 Å². The molecule has 1 saturated carbocycles. The molecule has 1 atom stereocenters. The third-order valence-electron chi connectivity index (χ3n) is 6.21. The summed E-state index contributed by atoms with van der Waals surface area (Å²) in [6, 6.07) is 7.67. The summed E-state index contributed by atoms with van der Waals surface area (Å²) in [6.07, 6.45) is 1.79. The smallest absolute Gasteiger partial charge is 0.259 e. The van der Waals surface area contributed by atoms with Crippen LogP contribution in [0.5, 0.6) is 0 Å². The number of hydrogen-bond donors (Lipinski definition) is 2. The number of thiophene rings is 1. The Morgan fingerprint density at radius 3 is 2.47 bits per heavy atom. The molecule has 8 nitrogen and oxygen atoms in total. The van der Waals surface area contributed by atoms with Gasteiger partial charge in [0.1, 0.15) is 0 Å². The average Bonchev–Trinajstić information content (AvgIpc) is 3.47. The molecular formula is C22H26Cl2N4O4S2. The van der Waals surface area contributed by atoms with E-state index in [1.165, 1.54) is 34.4 Å². The number of nitrogens with two attached hydrogens (primary N) is 1. The molecule has 0 spiro atoms. The van der Waals surface area contributed by atoms with E-state index in [-0.39, 0.29) is 52.4 Å². The number of halogens is 2. The quantitative estimate of drug-likeness (QED) is 0.580. The van der Waals surface area contributed by atoms with E-state index in [2.05, 4.69) is 5.32 Å². The van der Waals surface area contributed by atoms with Crippen molar-refractivity contribution in [2.75, 3.05) is 13.1 Å². The molecule has 2 aliphatic rings. The van der Waals surface area contributed by atoms with Crippen LogP contribution in [0.2, 0.25) is 10.0 Å². The maximum absolute atomic E-state index is 13.5. The number of rotatable bonds is 6. The van der Waals surface area contributed by atoms with Crippen molar-refractivity contribution in [3.05, 3.63) is 50.6 Å². The van der Waals surface area contributed by atoms with Gasteiger partial charge in [0.2, 0.25) is 15.9 Å². The Bertz CT molecular complexity index is 1150. The van der Waals surface area contributed by atoms with E-state index >= 15 is 0 Å². The molecule has 1 aliphatic heterocycles. The standard InChI is InChI=1S/C22H26Cl2N4O4S2/c23-18-8-7-17(13-19(18)24)34(31,32)28-10-9-27(20(29)12-16-2-1-11-33-16)22(28)21(30)26-15-5-3-14(25)4-6-15/h1-2,7-8,11,13-15,22H,3-6,9-10,12,25H2,(H,26,30). The lowest BCUT2D eigenvalue weighted by Crippen LogP contribution is -2.56. The van der Waals surface area contributed by atoms with Crippen LogP contribution >= 0.6 is 34.5 Å². The van der Waals surface area contributed by atoms with Gasteiger partial charge in [0, 0.05) is 30.1 Å². The van der Waals surface area contributed by atoms with Gasteiger partial charge >= 0.3 is 0 Å². The molecule has 2 aromatic rings. The maximum Gasteiger partial charge on any atom is 0.259 e. The third-order valence-corrected chi connectivity index (χ3v) is 9.67. The number of hydrogen-bond acceptors (Lipinski definition) is 6. The topological polar surface area (TPSA) is 113 Å². The van der Waals surface area contributed by atoms with Crippen molar-refractivity contribution in [3.8, 4) is 0 Å². The van der Waals surface area contributed by atoms with Crippen LogP contribution in [0.4, 0.5) is 0 Å². The number of sulfonamides is 1. The molecule has 34 heavy (non-hydrogen) atoms. The van der Waals surface area contributed by atoms with Gasteiger partial charge in [0.15, 0.2) is 6.17 Å². The van der Waals surface area contributed by atoms with E-state index < -0.39 is 22.1 Å². The third kappa shape index (κ3) is 5.42. The molecule has 1 saturated heterocycles. The summed E-state index contributed by atoms with van der Waals surface area (Å²) in [4.78, 5) is 28.7. The number of carbonyl (C=O) groups is 2. The zero-order valence-corrected chi connectivity index (χ0v) is 21.5. The summed E-state index contributed by atoms with van der Waals surface area (Å²) >= 11 is 13.4. The van der Waals surface area contributed by atoms with Crippen molar-refractivity contribution in [2.24, 2.45) is 5.73 Å². The van der Waals surface area contributed by atoms with E-state index in [0.29, 0.717) is 12.8 Å². The van der Waals surface area contributed by atoms with Crippen LogP contribution in [0.15, 0.2) is 40.6 Å². The Morgan fingerprint density at radius 1 is 1.09 bits per heavy atom. The number of benzene rings is 1. The van der Waals surface area contributed by atoms with Gasteiger partial charge in [-0.25, -0.2) is 8.42 Å². The molecule has 0 bridgehead atoms. The minimum atomic E-state index is -4.13. The Kier molecular flexibility index (Phi) is 7.85. The average molecular weight is 546 g/mol. The Hall–Kier alpha value is -1.69. The van der Waals surface area contributed by atoms with E-state index in [9.17, 15) is 18.0 Å². The molecule has 2 amide bonds. The molecule has 4 rings (SSSR count). The Labute approximate surface area is 213 Å². The van der Waals surface area contributed by atoms with Crippen LogP contribution < -0.4 is 11.1 Å². The Morgan fingerprint density at radius 2 is 1.82 bits per heavy atom. The monoisotopic (exact) mass is 544 g/mol. The van der Waals surface area contributed by atoms with Crippen LogP contribution in [-0.2, 0) is 26.0 Å². The molecule has 0 radical (unpaired) electrons. The summed E-state index contributed by atoms with van der Waals surface area (Å²) in [6.45, 7) is 0.102. The second kappa shape index (κ2) is 10.5. The first-order chi connectivity index (χ1) is 16.2. The van der Waals surface area contributed by atoms with Crippen molar-refractivity contribution in [2.45, 2.75) is 55.2 Å². The predicted molar refractivity (Wildman–Crippen MR) is 132 cm³/mol. The highest BCUT2D eigenvalue weighted by atomic mass is 35.5. The van der Waals surface area contributed by atoms with E-state index in [1.807, 2.05) is 17.5 Å². The van der Waals surface area contributed by atoms with Crippen LogP contribution in [0.3, 0.4) is 0 Å². The molecule has 1 unspecified atom stereocenters. The van der Waals surface area contributed by atoms with Gasteiger partial charge < -0.3 is 16.0 Å². The first-order valence-electron chi connectivity index (χ1n) is 11.0. The molecule has 3 N–H and O–H groups in total. The van der Waals surface area contributed by atoms with Gasteiger partial charge in [-0.2, -0.15) is 4.31 Å². The fourth-order valence-electron chi connectivity index (χ4n) is 4.37. The fraction of sp³-hybridized carbons (Fsp3) is 0.455. The molecule has 184 valence electrons. The lowest BCUT2D eigenvalue weighted by atomic mass is 9.92. The fourth-order valence-corrected chi connectivity index (χ4v) is 7.00. The van der Waals surface area contributed by atoms with Gasteiger partial charge in [-0.1, -0.05) is 29.3 Å². The summed E-state index contributed by atoms with van der Waals surface area (Å²) in [5.74, 6) is -0.818. The van der Waals surface area contributed by atoms with Gasteiger partial charge in [0.05, 0.1) is 21.4 Å². The second-order valence-corrected chi connectivity index (χ2v) is 12.3. The zero-order chi connectivity index (χ0) is 24.5. The molecule has 1 aromatic carbocycles. The van der Waals surface area contributed by atoms with Gasteiger partial charge in [-0.05, 0) is 55.3 Å². The summed E-state index contributed by atoms with van der Waals surface area (Å²) < 4.78 is 28.1. The minimum Gasteiger partial charge on any atom is -0.350 e. The minimum absolute atomic E-state index is 0.00755. The van der Waals surface area contributed by atoms with E-state index in [0.717, 1.165) is 22.0 Å². The molecule has 1 aromatic heterocycles. The number of nitrogens with one attached hydrogen (secondary N) is 1. The van der Waals surface area contributed by atoms with Crippen molar-refractivity contribution < 1.29 is 18.0 Å². The maximum atomic E-state index is 13.5. The van der Waals surface area contributed by atoms with Crippen LogP contribution in [0.1, 0.15) is 30.6 Å². The molecular weight excluding hydrogens is 519 g/mol. The van der Waals surface area contributed by atoms with Crippen LogP contribution in [0, 0.1) is 0 Å². The molecule has 2 heterocycles. The summed E-state index contributed by atoms with van der Waals surface area (Å²) in [5, 5.41) is 5.14. The van der Waals surface area contributed by atoms with Crippen LogP contribution in [-0.4, -0.2) is 60.8 Å². The second-order valence-electron chi connectivity index (χ2n) is 8.53. The van der Waals surface area contributed by atoms with Gasteiger partial charge in [-0.3, -0.25) is 9.59 Å².